The number of hydrogen-bond acceptors (Lipinski definition) is 9. The summed E-state index contributed by atoms with van der Waals surface area (Å²) in [5.74, 6) is 0. The Morgan fingerprint density at radius 3 is 1.96 bits per heavy atom. The molecule has 0 aliphatic heterocycles. The Labute approximate surface area is 147 Å². The number of carbonyl (C=O) groups is 1. The van der Waals surface area contributed by atoms with Crippen molar-refractivity contribution in [1.29, 1.82) is 0 Å². The van der Waals surface area contributed by atoms with Gasteiger partial charge in [0, 0.05) is 25.5 Å². The fraction of sp³-hybridized carbons (Fsp3) is 0.733. The van der Waals surface area contributed by atoms with Crippen LogP contribution in [0.25, 0.3) is 0 Å². The second-order valence-electron chi connectivity index (χ2n) is 4.93. The molecular formula is C15H28N4O6. The van der Waals surface area contributed by atoms with Crippen LogP contribution in [0.15, 0.2) is 18.7 Å². The van der Waals surface area contributed by atoms with Gasteiger partial charge >= 0.3 is 6.09 Å². The summed E-state index contributed by atoms with van der Waals surface area (Å²) in [7, 11) is 0. The molecule has 0 saturated heterocycles. The van der Waals surface area contributed by atoms with Gasteiger partial charge in [0.15, 0.2) is 6.10 Å². The molecule has 0 amide bonds. The molecule has 10 nitrogen and oxygen atoms in total. The van der Waals surface area contributed by atoms with E-state index in [-0.39, 0.29) is 13.2 Å². The summed E-state index contributed by atoms with van der Waals surface area (Å²) in [6, 6.07) is 0. The van der Waals surface area contributed by atoms with Crippen LogP contribution in [-0.4, -0.2) is 87.7 Å². The first-order valence-electron chi connectivity index (χ1n) is 8.18. The van der Waals surface area contributed by atoms with Gasteiger partial charge < -0.3 is 35.2 Å². The largest absolute Gasteiger partial charge is 0.441 e. The zero-order valence-electron chi connectivity index (χ0n) is 14.4. The van der Waals surface area contributed by atoms with E-state index in [0.29, 0.717) is 52.7 Å². The van der Waals surface area contributed by atoms with Crippen molar-refractivity contribution in [3.05, 3.63) is 18.7 Å². The van der Waals surface area contributed by atoms with Crippen LogP contribution >= 0.6 is 0 Å². The lowest BCUT2D eigenvalue weighted by Crippen LogP contribution is -2.31. The van der Waals surface area contributed by atoms with Crippen molar-refractivity contribution >= 4 is 6.09 Å². The summed E-state index contributed by atoms with van der Waals surface area (Å²) in [5, 5.41) is 0. The molecule has 0 spiro atoms. The van der Waals surface area contributed by atoms with Crippen molar-refractivity contribution in [3.8, 4) is 0 Å². The first kappa shape index (κ1) is 21.5. The van der Waals surface area contributed by atoms with Gasteiger partial charge in [-0.15, -0.1) is 0 Å². The lowest BCUT2D eigenvalue weighted by Gasteiger charge is -2.18. The second kappa shape index (κ2) is 14.8. The highest BCUT2D eigenvalue weighted by Crippen LogP contribution is 2.00. The normalized spacial score (nSPS) is 11.2. The average Bonchev–Trinajstić information content (AvgIpc) is 3.15. The van der Waals surface area contributed by atoms with Gasteiger partial charge in [-0.2, -0.15) is 0 Å². The van der Waals surface area contributed by atoms with E-state index < -0.39 is 12.2 Å². The SMILES string of the molecule is NCCOCCOCC(COCCOCCN)OC(=O)n1ccnc1. The summed E-state index contributed by atoms with van der Waals surface area (Å²) in [5.41, 5.74) is 10.7. The highest BCUT2D eigenvalue weighted by atomic mass is 16.6. The van der Waals surface area contributed by atoms with Crippen molar-refractivity contribution in [2.75, 3.05) is 65.9 Å². The number of imidazole rings is 1. The van der Waals surface area contributed by atoms with Crippen molar-refractivity contribution in [1.82, 2.24) is 9.55 Å². The zero-order valence-corrected chi connectivity index (χ0v) is 14.4. The summed E-state index contributed by atoms with van der Waals surface area (Å²) in [4.78, 5) is 15.8. The lowest BCUT2D eigenvalue weighted by molar-refractivity contribution is -0.0461. The van der Waals surface area contributed by atoms with Gasteiger partial charge in [0.2, 0.25) is 0 Å². The van der Waals surface area contributed by atoms with Crippen LogP contribution in [0, 0.1) is 0 Å². The molecule has 144 valence electrons. The fourth-order valence-electron chi connectivity index (χ4n) is 1.72. The highest BCUT2D eigenvalue weighted by molar-refractivity contribution is 5.70. The number of carbonyl (C=O) groups excluding carboxylic acids is 1. The third kappa shape index (κ3) is 10.8. The Morgan fingerprint density at radius 2 is 1.48 bits per heavy atom. The number of rotatable bonds is 15. The molecule has 1 aromatic heterocycles. The third-order valence-corrected chi connectivity index (χ3v) is 2.86. The maximum Gasteiger partial charge on any atom is 0.419 e. The van der Waals surface area contributed by atoms with Gasteiger partial charge in [-0.1, -0.05) is 0 Å². The molecule has 0 atom stereocenters. The Morgan fingerprint density at radius 1 is 0.920 bits per heavy atom. The molecular weight excluding hydrogens is 332 g/mol. The van der Waals surface area contributed by atoms with Crippen molar-refractivity contribution in [3.63, 3.8) is 0 Å². The molecule has 1 aromatic rings. The van der Waals surface area contributed by atoms with Gasteiger partial charge in [0.25, 0.3) is 0 Å². The van der Waals surface area contributed by atoms with E-state index in [2.05, 4.69) is 4.98 Å². The van der Waals surface area contributed by atoms with Gasteiger partial charge in [-0.05, 0) is 0 Å². The average molecular weight is 360 g/mol. The Bertz CT molecular complexity index is 416. The maximum atomic E-state index is 12.0. The van der Waals surface area contributed by atoms with E-state index in [1.54, 1.807) is 0 Å². The topological polar surface area (TPSA) is 133 Å². The highest BCUT2D eigenvalue weighted by Gasteiger charge is 2.16. The first-order chi connectivity index (χ1) is 12.3. The van der Waals surface area contributed by atoms with Crippen LogP contribution in [0.1, 0.15) is 0 Å². The smallest absolute Gasteiger partial charge is 0.419 e. The van der Waals surface area contributed by atoms with E-state index in [4.69, 9.17) is 35.2 Å². The fourth-order valence-corrected chi connectivity index (χ4v) is 1.72. The second-order valence-corrected chi connectivity index (χ2v) is 4.93. The Balaban J connectivity index is 2.28. The predicted octanol–water partition coefficient (Wildman–Crippen LogP) is -0.780. The zero-order chi connectivity index (χ0) is 18.2. The molecule has 0 saturated carbocycles. The number of hydrogen-bond donors (Lipinski definition) is 2. The molecule has 0 aliphatic rings. The van der Waals surface area contributed by atoms with Crippen LogP contribution in [0.4, 0.5) is 4.79 Å². The van der Waals surface area contributed by atoms with Crippen LogP contribution in [0.2, 0.25) is 0 Å². The first-order valence-corrected chi connectivity index (χ1v) is 8.18. The van der Waals surface area contributed by atoms with Crippen molar-refractivity contribution in [2.24, 2.45) is 11.5 Å². The number of aromatic nitrogens is 2. The van der Waals surface area contributed by atoms with Gasteiger partial charge in [-0.25, -0.2) is 14.3 Å². The Hall–Kier alpha value is -1.56. The summed E-state index contributed by atoms with van der Waals surface area (Å²) in [6.45, 7) is 3.86. The maximum absolute atomic E-state index is 12.0. The molecule has 0 radical (unpaired) electrons. The van der Waals surface area contributed by atoms with Crippen LogP contribution in [-0.2, 0) is 23.7 Å². The van der Waals surface area contributed by atoms with E-state index in [9.17, 15) is 4.79 Å². The summed E-state index contributed by atoms with van der Waals surface area (Å²) < 4.78 is 27.9. The quantitative estimate of drug-likeness (QED) is 0.386. The van der Waals surface area contributed by atoms with Crippen LogP contribution in [0.3, 0.4) is 0 Å². The predicted molar refractivity (Wildman–Crippen MR) is 89.3 cm³/mol. The molecule has 1 rings (SSSR count). The molecule has 4 N–H and O–H groups in total. The lowest BCUT2D eigenvalue weighted by atomic mass is 10.4. The van der Waals surface area contributed by atoms with Gasteiger partial charge in [0.05, 0.1) is 52.9 Å². The molecule has 0 unspecified atom stereocenters. The molecule has 0 aliphatic carbocycles. The van der Waals surface area contributed by atoms with Crippen LogP contribution < -0.4 is 11.5 Å². The standard InChI is InChI=1S/C15H28N4O6/c16-1-5-21-7-9-23-11-14(12-24-10-8-22-6-2-17)25-15(20)19-4-3-18-13-19/h3-4,13-14H,1-2,5-12,16-17H2. The van der Waals surface area contributed by atoms with Crippen molar-refractivity contribution in [2.45, 2.75) is 6.10 Å². The molecule has 1 heterocycles. The van der Waals surface area contributed by atoms with Crippen molar-refractivity contribution < 1.29 is 28.5 Å². The molecule has 10 heteroatoms. The number of ether oxygens (including phenoxy) is 5. The number of nitrogens with zero attached hydrogens (tertiary/aromatic N) is 2. The number of nitrogens with two attached hydrogens (primary N) is 2. The van der Waals surface area contributed by atoms with E-state index in [1.165, 1.54) is 23.3 Å². The van der Waals surface area contributed by atoms with Gasteiger partial charge in [0.1, 0.15) is 6.33 Å². The van der Waals surface area contributed by atoms with E-state index >= 15 is 0 Å². The molecule has 0 aromatic carbocycles. The molecule has 0 fully saturated rings. The monoisotopic (exact) mass is 360 g/mol. The minimum atomic E-state index is -0.557. The molecule has 25 heavy (non-hydrogen) atoms. The molecule has 0 bridgehead atoms. The summed E-state index contributed by atoms with van der Waals surface area (Å²) >= 11 is 0. The Kier molecular flexibility index (Phi) is 12.7. The third-order valence-electron chi connectivity index (χ3n) is 2.86. The van der Waals surface area contributed by atoms with Gasteiger partial charge in [-0.3, -0.25) is 0 Å². The van der Waals surface area contributed by atoms with E-state index in [0.717, 1.165) is 0 Å². The minimum absolute atomic E-state index is 0.191. The summed E-state index contributed by atoms with van der Waals surface area (Å²) in [6.07, 6.45) is 3.25. The minimum Gasteiger partial charge on any atom is -0.441 e. The van der Waals surface area contributed by atoms with E-state index in [1.807, 2.05) is 0 Å². The van der Waals surface area contributed by atoms with Crippen LogP contribution in [0.5, 0.6) is 0 Å².